The highest BCUT2D eigenvalue weighted by molar-refractivity contribution is 7.92. The predicted molar refractivity (Wildman–Crippen MR) is 128 cm³/mol. The zero-order valence-corrected chi connectivity index (χ0v) is 18.5. The maximum absolute atomic E-state index is 12.9. The van der Waals surface area contributed by atoms with Crippen LogP contribution in [0, 0.1) is 0 Å². The Kier molecular flexibility index (Phi) is 5.89. The van der Waals surface area contributed by atoms with E-state index in [0.717, 1.165) is 21.7 Å². The monoisotopic (exact) mass is 463 g/mol. The molecule has 0 saturated carbocycles. The van der Waals surface area contributed by atoms with E-state index in [1.165, 1.54) is 12.1 Å². The molecule has 168 valence electrons. The lowest BCUT2D eigenvalue weighted by Gasteiger charge is -2.22. The van der Waals surface area contributed by atoms with Crippen LogP contribution >= 0.6 is 0 Å². The van der Waals surface area contributed by atoms with Gasteiger partial charge in [0.05, 0.1) is 23.2 Å². The van der Waals surface area contributed by atoms with Crippen LogP contribution in [0.25, 0.3) is 11.3 Å². The molecular formula is C24H21N3O5S. The number of fused-ring (bicyclic) bond motifs is 1. The van der Waals surface area contributed by atoms with E-state index in [9.17, 15) is 18.0 Å². The second kappa shape index (κ2) is 8.79. The van der Waals surface area contributed by atoms with Gasteiger partial charge in [-0.3, -0.25) is 13.9 Å². The van der Waals surface area contributed by atoms with Crippen LogP contribution in [0.5, 0.6) is 0 Å². The first-order valence-electron chi connectivity index (χ1n) is 10.0. The van der Waals surface area contributed by atoms with E-state index in [1.807, 2.05) is 54.6 Å². The van der Waals surface area contributed by atoms with Gasteiger partial charge >= 0.3 is 5.97 Å². The number of carbonyl (C=O) groups is 2. The van der Waals surface area contributed by atoms with Crippen molar-refractivity contribution in [1.29, 1.82) is 0 Å². The SMILES string of the molecule is CS(=O)(=O)N(CC(=O)O)c1cccc(NC(=C2C(=O)Nc3ccccc32)c2ccccc2)c1. The molecule has 3 aromatic carbocycles. The van der Waals surface area contributed by atoms with Crippen LogP contribution in [0.2, 0.25) is 0 Å². The first kappa shape index (κ1) is 22.1. The highest BCUT2D eigenvalue weighted by atomic mass is 32.2. The molecule has 0 atom stereocenters. The Morgan fingerprint density at radius 2 is 1.70 bits per heavy atom. The van der Waals surface area contributed by atoms with Crippen molar-refractivity contribution >= 4 is 50.2 Å². The van der Waals surface area contributed by atoms with Gasteiger partial charge in [-0.25, -0.2) is 8.42 Å². The molecule has 0 saturated heterocycles. The summed E-state index contributed by atoms with van der Waals surface area (Å²) in [5.41, 5.74) is 3.89. The minimum absolute atomic E-state index is 0.193. The number of rotatable bonds is 7. The zero-order valence-electron chi connectivity index (χ0n) is 17.6. The van der Waals surface area contributed by atoms with Crippen molar-refractivity contribution in [1.82, 2.24) is 0 Å². The van der Waals surface area contributed by atoms with Crippen molar-refractivity contribution < 1.29 is 23.1 Å². The fourth-order valence-electron chi connectivity index (χ4n) is 3.66. The Bertz CT molecular complexity index is 1370. The molecule has 3 aromatic rings. The number of hydrogen-bond acceptors (Lipinski definition) is 5. The second-order valence-corrected chi connectivity index (χ2v) is 9.36. The molecule has 0 bridgehead atoms. The number of para-hydroxylation sites is 1. The molecule has 1 heterocycles. The van der Waals surface area contributed by atoms with Gasteiger partial charge in [-0.15, -0.1) is 0 Å². The predicted octanol–water partition coefficient (Wildman–Crippen LogP) is 3.47. The average Bonchev–Trinajstić information content (AvgIpc) is 3.11. The van der Waals surface area contributed by atoms with Gasteiger partial charge in [0.25, 0.3) is 5.91 Å². The van der Waals surface area contributed by atoms with Crippen molar-refractivity contribution in [2.75, 3.05) is 27.7 Å². The Balaban J connectivity index is 1.82. The number of carboxylic acids is 1. The van der Waals surface area contributed by atoms with Crippen LogP contribution in [-0.2, 0) is 19.6 Å². The smallest absolute Gasteiger partial charge is 0.324 e. The average molecular weight is 464 g/mol. The molecule has 1 amide bonds. The number of anilines is 3. The van der Waals surface area contributed by atoms with E-state index in [2.05, 4.69) is 10.6 Å². The minimum Gasteiger partial charge on any atom is -0.480 e. The van der Waals surface area contributed by atoms with Gasteiger partial charge < -0.3 is 15.7 Å². The molecule has 1 aliphatic rings. The van der Waals surface area contributed by atoms with E-state index in [1.54, 1.807) is 12.1 Å². The van der Waals surface area contributed by atoms with E-state index < -0.39 is 22.5 Å². The first-order valence-corrected chi connectivity index (χ1v) is 11.9. The molecule has 9 heteroatoms. The summed E-state index contributed by atoms with van der Waals surface area (Å²) in [5.74, 6) is -1.53. The molecule has 0 aromatic heterocycles. The molecule has 4 rings (SSSR count). The summed E-state index contributed by atoms with van der Waals surface area (Å²) in [6, 6.07) is 23.0. The number of benzene rings is 3. The summed E-state index contributed by atoms with van der Waals surface area (Å²) in [6.45, 7) is -0.704. The fourth-order valence-corrected chi connectivity index (χ4v) is 4.50. The lowest BCUT2D eigenvalue weighted by atomic mass is 10.00. The number of amides is 1. The molecular weight excluding hydrogens is 442 g/mol. The summed E-state index contributed by atoms with van der Waals surface area (Å²) < 4.78 is 25.2. The number of carboxylic acid groups (broad SMARTS) is 1. The number of aliphatic carboxylic acids is 1. The summed E-state index contributed by atoms with van der Waals surface area (Å²) in [7, 11) is -3.83. The quantitative estimate of drug-likeness (QED) is 0.462. The van der Waals surface area contributed by atoms with Gasteiger partial charge in [0.1, 0.15) is 6.54 Å². The third-order valence-electron chi connectivity index (χ3n) is 5.07. The highest BCUT2D eigenvalue weighted by Gasteiger charge is 2.28. The molecule has 3 N–H and O–H groups in total. The molecule has 1 aliphatic heterocycles. The second-order valence-electron chi connectivity index (χ2n) is 7.45. The normalized spacial score (nSPS) is 14.3. The molecule has 0 unspecified atom stereocenters. The van der Waals surface area contributed by atoms with Gasteiger partial charge in [-0.1, -0.05) is 54.6 Å². The number of nitrogens with one attached hydrogen (secondary N) is 2. The lowest BCUT2D eigenvalue weighted by molar-refractivity contribution is -0.135. The molecule has 0 fully saturated rings. The maximum Gasteiger partial charge on any atom is 0.324 e. The van der Waals surface area contributed by atoms with Gasteiger partial charge in [0, 0.05) is 16.9 Å². The van der Waals surface area contributed by atoms with Crippen molar-refractivity contribution in [3.05, 3.63) is 90.0 Å². The van der Waals surface area contributed by atoms with E-state index in [-0.39, 0.29) is 11.6 Å². The largest absolute Gasteiger partial charge is 0.480 e. The maximum atomic E-state index is 12.9. The Hall–Kier alpha value is -4.11. The lowest BCUT2D eigenvalue weighted by Crippen LogP contribution is -2.34. The molecule has 8 nitrogen and oxygen atoms in total. The highest BCUT2D eigenvalue weighted by Crippen LogP contribution is 2.37. The van der Waals surface area contributed by atoms with Crippen molar-refractivity contribution in [2.45, 2.75) is 0 Å². The van der Waals surface area contributed by atoms with Crippen molar-refractivity contribution in [3.8, 4) is 0 Å². The zero-order chi connectivity index (χ0) is 23.6. The van der Waals surface area contributed by atoms with Crippen LogP contribution < -0.4 is 14.9 Å². The van der Waals surface area contributed by atoms with Crippen molar-refractivity contribution in [2.24, 2.45) is 0 Å². The number of nitrogens with zero attached hydrogens (tertiary/aromatic N) is 1. The van der Waals surface area contributed by atoms with Gasteiger partial charge in [-0.05, 0) is 29.8 Å². The Labute approximate surface area is 191 Å². The standard InChI is InChI=1S/C24H21N3O5S/c1-33(31,32)27(15-21(28)29)18-11-7-10-17(14-18)25-23(16-8-3-2-4-9-16)22-19-12-5-6-13-20(19)26-24(22)30/h2-14,25H,15H2,1H3,(H,26,30)(H,28,29). The molecule has 33 heavy (non-hydrogen) atoms. The number of sulfonamides is 1. The summed E-state index contributed by atoms with van der Waals surface area (Å²) in [4.78, 5) is 24.1. The van der Waals surface area contributed by atoms with Crippen LogP contribution in [0.3, 0.4) is 0 Å². The molecule has 0 spiro atoms. The van der Waals surface area contributed by atoms with Crippen LogP contribution in [0.15, 0.2) is 78.9 Å². The molecule has 0 radical (unpaired) electrons. The topological polar surface area (TPSA) is 116 Å². The van der Waals surface area contributed by atoms with E-state index in [4.69, 9.17) is 5.11 Å². The van der Waals surface area contributed by atoms with Crippen molar-refractivity contribution in [3.63, 3.8) is 0 Å². The summed E-state index contributed by atoms with van der Waals surface area (Å²) in [5, 5.41) is 15.3. The van der Waals surface area contributed by atoms with Gasteiger partial charge in [-0.2, -0.15) is 0 Å². The molecule has 0 aliphatic carbocycles. The van der Waals surface area contributed by atoms with Crippen LogP contribution in [-0.4, -0.2) is 38.2 Å². The van der Waals surface area contributed by atoms with Gasteiger partial charge in [0.2, 0.25) is 10.0 Å². The number of carbonyl (C=O) groups excluding carboxylic acids is 1. The first-order chi connectivity index (χ1) is 15.7. The Morgan fingerprint density at radius 3 is 2.39 bits per heavy atom. The fraction of sp³-hybridized carbons (Fsp3) is 0.0833. The van der Waals surface area contributed by atoms with E-state index in [0.29, 0.717) is 22.6 Å². The van der Waals surface area contributed by atoms with Gasteiger partial charge in [0.15, 0.2) is 0 Å². The van der Waals surface area contributed by atoms with E-state index >= 15 is 0 Å². The summed E-state index contributed by atoms with van der Waals surface area (Å²) in [6.07, 6.45) is 0.952. The van der Waals surface area contributed by atoms with Crippen LogP contribution in [0.1, 0.15) is 11.1 Å². The summed E-state index contributed by atoms with van der Waals surface area (Å²) >= 11 is 0. The Morgan fingerprint density at radius 1 is 1.00 bits per heavy atom. The van der Waals surface area contributed by atoms with Crippen LogP contribution in [0.4, 0.5) is 17.1 Å². The third-order valence-corrected chi connectivity index (χ3v) is 6.21. The minimum atomic E-state index is -3.83. The number of hydrogen-bond donors (Lipinski definition) is 3. The third kappa shape index (κ3) is 4.73.